The number of tetrazole rings is 1. The zero-order valence-electron chi connectivity index (χ0n) is 13.1. The number of carbonyl (C=O) groups excluding carboxylic acids is 1. The van der Waals surface area contributed by atoms with Crippen molar-refractivity contribution in [2.24, 2.45) is 0 Å². The first-order valence-corrected chi connectivity index (χ1v) is 9.24. The molecule has 0 N–H and O–H groups in total. The fourth-order valence-electron chi connectivity index (χ4n) is 2.63. The topological polar surface area (TPSA) is 107 Å². The summed E-state index contributed by atoms with van der Waals surface area (Å²) in [5, 5.41) is 7.49. The highest BCUT2D eigenvalue weighted by Gasteiger charge is 2.33. The summed E-state index contributed by atoms with van der Waals surface area (Å²) in [4.78, 5) is 26.0. The highest BCUT2D eigenvalue weighted by Crippen LogP contribution is 2.16. The first kappa shape index (κ1) is 16.4. The number of benzene rings is 1. The summed E-state index contributed by atoms with van der Waals surface area (Å²) < 4.78 is 25.1. The summed E-state index contributed by atoms with van der Waals surface area (Å²) in [6.07, 6.45) is 0.413. The van der Waals surface area contributed by atoms with Gasteiger partial charge in [0.15, 0.2) is 9.84 Å². The molecule has 0 spiro atoms. The molecule has 9 nitrogen and oxygen atoms in total. The fourth-order valence-corrected chi connectivity index (χ4v) is 4.40. The largest absolute Gasteiger partial charge is 0.368 e. The maximum atomic E-state index is 12.3. The van der Waals surface area contributed by atoms with Crippen molar-refractivity contribution in [2.45, 2.75) is 19.0 Å². The molecule has 2 heterocycles. The number of nitrogens with zero attached hydrogens (tertiary/aromatic N) is 5. The van der Waals surface area contributed by atoms with Crippen molar-refractivity contribution >= 4 is 15.7 Å². The van der Waals surface area contributed by atoms with Gasteiger partial charge in [-0.1, -0.05) is 18.2 Å². The zero-order chi connectivity index (χ0) is 17.3. The molecule has 128 valence electrons. The standard InChI is InChI=1S/C14H17N5O4S/c1-17(12-7-8-24(22,23)10-12)13(20)9-18-14(21)19(16-15-18)11-5-3-2-4-6-11/h2-6,12H,7-10H2,1H3/t12-/m0/s1. The summed E-state index contributed by atoms with van der Waals surface area (Å²) in [5.41, 5.74) is 0.0263. The lowest BCUT2D eigenvalue weighted by Gasteiger charge is -2.22. The molecule has 0 aliphatic carbocycles. The highest BCUT2D eigenvalue weighted by molar-refractivity contribution is 7.91. The Bertz CT molecular complexity index is 903. The number of rotatable bonds is 4. The van der Waals surface area contributed by atoms with Crippen LogP contribution in [0.5, 0.6) is 0 Å². The van der Waals surface area contributed by atoms with Gasteiger partial charge in [0.25, 0.3) is 0 Å². The minimum atomic E-state index is -3.08. The Morgan fingerprint density at radius 1 is 1.29 bits per heavy atom. The van der Waals surface area contributed by atoms with Gasteiger partial charge < -0.3 is 4.90 Å². The van der Waals surface area contributed by atoms with Crippen molar-refractivity contribution in [3.63, 3.8) is 0 Å². The van der Waals surface area contributed by atoms with Crippen LogP contribution in [0.3, 0.4) is 0 Å². The van der Waals surface area contributed by atoms with Gasteiger partial charge in [-0.2, -0.15) is 9.36 Å². The smallest absolute Gasteiger partial charge is 0.340 e. The molecule has 3 rings (SSSR count). The molecule has 1 atom stereocenters. The number of para-hydroxylation sites is 1. The predicted octanol–water partition coefficient (Wildman–Crippen LogP) is -0.925. The minimum Gasteiger partial charge on any atom is -0.340 e. The molecule has 1 fully saturated rings. The minimum absolute atomic E-state index is 0.0408. The van der Waals surface area contributed by atoms with Gasteiger partial charge in [0.2, 0.25) is 5.91 Å². The quantitative estimate of drug-likeness (QED) is 0.705. The molecule has 0 saturated carbocycles. The Morgan fingerprint density at radius 2 is 2.00 bits per heavy atom. The van der Waals surface area contributed by atoms with Crippen molar-refractivity contribution in [2.75, 3.05) is 18.6 Å². The second-order valence-electron chi connectivity index (χ2n) is 5.73. The van der Waals surface area contributed by atoms with Crippen LogP contribution in [0, 0.1) is 0 Å². The average molecular weight is 351 g/mol. The fraction of sp³-hybridized carbons (Fsp3) is 0.429. The van der Waals surface area contributed by atoms with E-state index in [0.29, 0.717) is 12.1 Å². The van der Waals surface area contributed by atoms with Gasteiger partial charge in [-0.15, -0.1) is 0 Å². The third-order valence-electron chi connectivity index (χ3n) is 4.07. The van der Waals surface area contributed by atoms with E-state index in [-0.39, 0.29) is 30.0 Å². The van der Waals surface area contributed by atoms with Crippen LogP contribution in [0.15, 0.2) is 35.1 Å². The second kappa shape index (κ2) is 6.19. The van der Waals surface area contributed by atoms with Crippen molar-refractivity contribution in [3.05, 3.63) is 40.8 Å². The molecular weight excluding hydrogens is 334 g/mol. The number of hydrogen-bond donors (Lipinski definition) is 0. The van der Waals surface area contributed by atoms with Crippen LogP contribution in [0.4, 0.5) is 0 Å². The van der Waals surface area contributed by atoms with Gasteiger partial charge >= 0.3 is 5.69 Å². The van der Waals surface area contributed by atoms with Gasteiger partial charge in [0.1, 0.15) is 6.54 Å². The van der Waals surface area contributed by atoms with E-state index in [1.807, 2.05) is 6.07 Å². The zero-order valence-corrected chi connectivity index (χ0v) is 13.9. The van der Waals surface area contributed by atoms with Gasteiger partial charge in [0, 0.05) is 13.1 Å². The lowest BCUT2D eigenvalue weighted by Crippen LogP contribution is -2.41. The van der Waals surface area contributed by atoms with Gasteiger partial charge in [-0.05, 0) is 29.0 Å². The summed E-state index contributed by atoms with van der Waals surface area (Å²) in [7, 11) is -1.54. The number of hydrogen-bond acceptors (Lipinski definition) is 6. The average Bonchev–Trinajstić information content (AvgIpc) is 3.10. The molecule has 1 aliphatic heterocycles. The van der Waals surface area contributed by atoms with Crippen LogP contribution in [-0.2, 0) is 21.2 Å². The first-order valence-electron chi connectivity index (χ1n) is 7.42. The Morgan fingerprint density at radius 3 is 2.62 bits per heavy atom. The van der Waals surface area contributed by atoms with E-state index in [2.05, 4.69) is 10.4 Å². The van der Waals surface area contributed by atoms with Gasteiger partial charge in [-0.25, -0.2) is 13.2 Å². The van der Waals surface area contributed by atoms with Crippen LogP contribution in [0.25, 0.3) is 5.69 Å². The third kappa shape index (κ3) is 3.23. The monoisotopic (exact) mass is 351 g/mol. The molecule has 1 aromatic heterocycles. The number of carbonyl (C=O) groups is 1. The maximum Gasteiger partial charge on any atom is 0.368 e. The Balaban J connectivity index is 1.74. The van der Waals surface area contributed by atoms with E-state index in [9.17, 15) is 18.0 Å². The van der Waals surface area contributed by atoms with E-state index >= 15 is 0 Å². The summed E-state index contributed by atoms with van der Waals surface area (Å²) in [6, 6.07) is 8.39. The van der Waals surface area contributed by atoms with Crippen LogP contribution in [0.1, 0.15) is 6.42 Å². The molecule has 10 heteroatoms. The SMILES string of the molecule is CN(C(=O)Cn1nnn(-c2ccccc2)c1=O)[C@H]1CCS(=O)(=O)C1. The maximum absolute atomic E-state index is 12.3. The van der Waals surface area contributed by atoms with Gasteiger partial charge in [-0.3, -0.25) is 4.79 Å². The molecule has 0 bridgehead atoms. The van der Waals surface area contributed by atoms with Gasteiger partial charge in [0.05, 0.1) is 17.2 Å². The molecule has 2 aromatic rings. The number of likely N-dealkylation sites (N-methyl/N-ethyl adjacent to an activating group) is 1. The summed E-state index contributed by atoms with van der Waals surface area (Å²) in [5.74, 6) is -0.334. The van der Waals surface area contributed by atoms with Crippen LogP contribution >= 0.6 is 0 Å². The van der Waals surface area contributed by atoms with Crippen LogP contribution < -0.4 is 5.69 Å². The predicted molar refractivity (Wildman–Crippen MR) is 85.4 cm³/mol. The number of aromatic nitrogens is 4. The molecule has 24 heavy (non-hydrogen) atoms. The number of amides is 1. The Hall–Kier alpha value is -2.49. The molecule has 0 radical (unpaired) electrons. The first-order chi connectivity index (χ1) is 11.4. The van der Waals surface area contributed by atoms with Crippen molar-refractivity contribution in [3.8, 4) is 5.69 Å². The van der Waals surface area contributed by atoms with E-state index in [0.717, 1.165) is 9.36 Å². The Kier molecular flexibility index (Phi) is 4.22. The number of sulfone groups is 1. The van der Waals surface area contributed by atoms with Crippen LogP contribution in [0.2, 0.25) is 0 Å². The summed E-state index contributed by atoms with van der Waals surface area (Å²) in [6.45, 7) is -0.279. The van der Waals surface area contributed by atoms with Crippen molar-refractivity contribution in [1.82, 2.24) is 24.7 Å². The third-order valence-corrected chi connectivity index (χ3v) is 5.83. The van der Waals surface area contributed by atoms with E-state index < -0.39 is 15.5 Å². The van der Waals surface area contributed by atoms with E-state index in [1.165, 1.54) is 4.90 Å². The van der Waals surface area contributed by atoms with Crippen molar-refractivity contribution < 1.29 is 13.2 Å². The molecular formula is C14H17N5O4S. The second-order valence-corrected chi connectivity index (χ2v) is 7.96. The molecule has 1 saturated heterocycles. The molecule has 1 amide bonds. The molecule has 1 aromatic carbocycles. The van der Waals surface area contributed by atoms with E-state index in [4.69, 9.17) is 0 Å². The Labute approximate surface area is 138 Å². The molecule has 1 aliphatic rings. The van der Waals surface area contributed by atoms with Crippen LogP contribution in [-0.4, -0.2) is 63.6 Å². The lowest BCUT2D eigenvalue weighted by molar-refractivity contribution is -0.132. The summed E-state index contributed by atoms with van der Waals surface area (Å²) >= 11 is 0. The lowest BCUT2D eigenvalue weighted by atomic mass is 10.2. The van der Waals surface area contributed by atoms with Crippen molar-refractivity contribution in [1.29, 1.82) is 0 Å². The normalized spacial score (nSPS) is 19.3. The molecule has 0 unspecified atom stereocenters. The highest BCUT2D eigenvalue weighted by atomic mass is 32.2. The van der Waals surface area contributed by atoms with E-state index in [1.54, 1.807) is 31.3 Å².